The van der Waals surface area contributed by atoms with Crippen molar-refractivity contribution in [2.45, 2.75) is 5.66 Å². The molecule has 0 fully saturated rings. The van der Waals surface area contributed by atoms with Crippen molar-refractivity contribution in [2.75, 3.05) is 17.7 Å². The van der Waals surface area contributed by atoms with E-state index >= 15 is 0 Å². The molecule has 10 heteroatoms. The monoisotopic (exact) mass is 388 g/mol. The average molecular weight is 388 g/mol. The maximum Gasteiger partial charge on any atom is 0.356 e. The van der Waals surface area contributed by atoms with Gasteiger partial charge < -0.3 is 31.1 Å². The molecule has 3 rings (SSSR count). The molecule has 9 nitrogen and oxygen atoms in total. The summed E-state index contributed by atoms with van der Waals surface area (Å²) in [5.41, 5.74) is -1.18. The van der Waals surface area contributed by atoms with E-state index in [0.717, 1.165) is 22.4 Å². The number of urea groups is 1. The molecule has 2 heterocycles. The smallest absolute Gasteiger partial charge is 0.356 e. The van der Waals surface area contributed by atoms with Crippen molar-refractivity contribution in [3.05, 3.63) is 58.6 Å². The van der Waals surface area contributed by atoms with Crippen molar-refractivity contribution in [2.24, 2.45) is 0 Å². The third-order valence-corrected chi connectivity index (χ3v) is 5.05. The van der Waals surface area contributed by atoms with Crippen LogP contribution in [0.15, 0.2) is 53.7 Å². The number of carboxylic acid groups (broad SMARTS) is 1. The molecule has 3 amide bonds. The second-order valence-electron chi connectivity index (χ2n) is 5.66. The van der Waals surface area contributed by atoms with Crippen molar-refractivity contribution in [1.82, 2.24) is 10.2 Å². The zero-order chi connectivity index (χ0) is 19.6. The van der Waals surface area contributed by atoms with Gasteiger partial charge in [-0.25, -0.2) is 9.59 Å². The van der Waals surface area contributed by atoms with Crippen LogP contribution in [-0.2, 0) is 15.3 Å². The first-order valence-corrected chi connectivity index (χ1v) is 8.63. The fraction of sp³-hybridized carbons (Fsp3) is 0.118. The SMILES string of the molecule is CN1C(=O)C(O)=CNC1(C(=O)O)c1sccc1NC(=O)Nc1ccccc1. The number of thiophene rings is 1. The Labute approximate surface area is 157 Å². The van der Waals surface area contributed by atoms with Gasteiger partial charge in [-0.3, -0.25) is 4.79 Å². The molecule has 0 spiro atoms. The molecule has 1 aromatic carbocycles. The molecule has 140 valence electrons. The summed E-state index contributed by atoms with van der Waals surface area (Å²) in [5.74, 6) is -2.83. The highest BCUT2D eigenvalue weighted by Gasteiger charge is 2.51. The maximum atomic E-state index is 12.3. The van der Waals surface area contributed by atoms with Gasteiger partial charge in [0.25, 0.3) is 11.6 Å². The molecule has 0 radical (unpaired) electrons. The molecule has 5 N–H and O–H groups in total. The lowest BCUT2D eigenvalue weighted by atomic mass is 10.0. The van der Waals surface area contributed by atoms with Crippen molar-refractivity contribution in [1.29, 1.82) is 0 Å². The van der Waals surface area contributed by atoms with Gasteiger partial charge in [0.15, 0.2) is 5.76 Å². The molecule has 1 atom stereocenters. The Balaban J connectivity index is 1.92. The predicted molar refractivity (Wildman–Crippen MR) is 99.3 cm³/mol. The molecule has 1 unspecified atom stereocenters. The molecule has 0 saturated carbocycles. The minimum absolute atomic E-state index is 0.179. The number of amides is 3. The van der Waals surface area contributed by atoms with E-state index in [9.17, 15) is 24.6 Å². The Morgan fingerprint density at radius 2 is 1.89 bits per heavy atom. The Bertz CT molecular complexity index is 926. The molecule has 27 heavy (non-hydrogen) atoms. The number of carbonyl (C=O) groups is 3. The van der Waals surface area contributed by atoms with Crippen LogP contribution in [0.25, 0.3) is 0 Å². The second kappa shape index (κ2) is 7.00. The molecule has 0 aliphatic carbocycles. The van der Waals surface area contributed by atoms with E-state index in [1.165, 1.54) is 13.1 Å². The number of aliphatic hydroxyl groups is 1. The normalized spacial score (nSPS) is 19.1. The Morgan fingerprint density at radius 3 is 2.56 bits per heavy atom. The highest BCUT2D eigenvalue weighted by atomic mass is 32.1. The Hall–Kier alpha value is -3.53. The van der Waals surface area contributed by atoms with E-state index in [2.05, 4.69) is 16.0 Å². The number of para-hydroxylation sites is 1. The predicted octanol–water partition coefficient (Wildman–Crippen LogP) is 2.09. The van der Waals surface area contributed by atoms with Gasteiger partial charge in [0, 0.05) is 18.9 Å². The van der Waals surface area contributed by atoms with Gasteiger partial charge >= 0.3 is 12.0 Å². The number of aliphatic hydroxyl groups excluding tert-OH is 1. The average Bonchev–Trinajstić information content (AvgIpc) is 3.09. The fourth-order valence-corrected chi connectivity index (χ4v) is 3.71. The summed E-state index contributed by atoms with van der Waals surface area (Å²) in [6, 6.07) is 9.71. The van der Waals surface area contributed by atoms with Crippen molar-refractivity contribution >= 4 is 40.6 Å². The number of likely N-dealkylation sites (N-methyl/N-ethyl adjacent to an activating group) is 1. The third kappa shape index (κ3) is 3.17. The van der Waals surface area contributed by atoms with Crippen molar-refractivity contribution in [3.8, 4) is 0 Å². The quantitative estimate of drug-likeness (QED) is 0.545. The third-order valence-electron chi connectivity index (χ3n) is 4.03. The molecule has 2 aromatic rings. The van der Waals surface area contributed by atoms with Crippen LogP contribution in [0.4, 0.5) is 16.2 Å². The fourth-order valence-electron chi connectivity index (χ4n) is 2.67. The second-order valence-corrected chi connectivity index (χ2v) is 6.58. The molecular formula is C17H16N4O5S. The number of nitrogens with zero attached hydrogens (tertiary/aromatic N) is 1. The zero-order valence-electron chi connectivity index (χ0n) is 14.1. The molecular weight excluding hydrogens is 372 g/mol. The standard InChI is InChI=1S/C17H16N4O5S/c1-21-14(23)12(22)9-18-17(21,15(24)25)13-11(7-8-27-13)20-16(26)19-10-5-3-2-4-6-10/h2-9,18,22H,1H3,(H,24,25)(H2,19,20,26). The first-order valence-electron chi connectivity index (χ1n) is 7.75. The largest absolute Gasteiger partial charge is 0.502 e. The Morgan fingerprint density at radius 1 is 1.19 bits per heavy atom. The van der Waals surface area contributed by atoms with E-state index in [1.807, 2.05) is 0 Å². The van der Waals surface area contributed by atoms with Gasteiger partial charge in [0.1, 0.15) is 0 Å². The van der Waals surface area contributed by atoms with Crippen molar-refractivity contribution in [3.63, 3.8) is 0 Å². The lowest BCUT2D eigenvalue weighted by molar-refractivity contribution is -0.161. The van der Waals surface area contributed by atoms with E-state index in [0.29, 0.717) is 5.69 Å². The lowest BCUT2D eigenvalue weighted by Gasteiger charge is -2.40. The molecule has 1 aliphatic heterocycles. The summed E-state index contributed by atoms with van der Waals surface area (Å²) in [4.78, 5) is 37.5. The van der Waals surface area contributed by atoms with E-state index in [-0.39, 0.29) is 10.6 Å². The van der Waals surface area contributed by atoms with Crippen molar-refractivity contribution < 1.29 is 24.6 Å². The molecule has 0 saturated heterocycles. The number of carbonyl (C=O) groups excluding carboxylic acids is 2. The first-order chi connectivity index (χ1) is 12.9. The van der Waals surface area contributed by atoms with Gasteiger partial charge in [-0.2, -0.15) is 0 Å². The topological polar surface area (TPSA) is 131 Å². The van der Waals surface area contributed by atoms with Gasteiger partial charge in [-0.1, -0.05) is 18.2 Å². The van der Waals surface area contributed by atoms with E-state index in [1.54, 1.807) is 35.7 Å². The number of nitrogens with one attached hydrogen (secondary N) is 3. The summed E-state index contributed by atoms with van der Waals surface area (Å²) in [6.45, 7) is 0. The van der Waals surface area contributed by atoms with Crippen LogP contribution in [0.1, 0.15) is 4.88 Å². The van der Waals surface area contributed by atoms with E-state index < -0.39 is 29.3 Å². The van der Waals surface area contributed by atoms with E-state index in [4.69, 9.17) is 0 Å². The zero-order valence-corrected chi connectivity index (χ0v) is 14.9. The number of hydrogen-bond donors (Lipinski definition) is 5. The molecule has 1 aliphatic rings. The van der Waals surface area contributed by atoms with Crippen LogP contribution in [0.2, 0.25) is 0 Å². The minimum atomic E-state index is -1.97. The van der Waals surface area contributed by atoms with Gasteiger partial charge in [0.2, 0.25) is 0 Å². The van der Waals surface area contributed by atoms with Gasteiger partial charge in [-0.15, -0.1) is 11.3 Å². The van der Waals surface area contributed by atoms with Crippen LogP contribution in [0.5, 0.6) is 0 Å². The number of carboxylic acids is 1. The number of benzene rings is 1. The Kier molecular flexibility index (Phi) is 4.74. The summed E-state index contributed by atoms with van der Waals surface area (Å²) in [5, 5.41) is 28.8. The summed E-state index contributed by atoms with van der Waals surface area (Å²) < 4.78 is 0. The van der Waals surface area contributed by atoms with Crippen LogP contribution >= 0.6 is 11.3 Å². The number of anilines is 2. The highest BCUT2D eigenvalue weighted by molar-refractivity contribution is 7.10. The van der Waals surface area contributed by atoms with Crippen LogP contribution in [0.3, 0.4) is 0 Å². The number of aliphatic carboxylic acids is 1. The van der Waals surface area contributed by atoms with Crippen LogP contribution < -0.4 is 16.0 Å². The lowest BCUT2D eigenvalue weighted by Crippen LogP contribution is -2.62. The van der Waals surface area contributed by atoms with Gasteiger partial charge in [-0.05, 0) is 23.6 Å². The van der Waals surface area contributed by atoms with Crippen LogP contribution in [0, 0.1) is 0 Å². The summed E-state index contributed by atoms with van der Waals surface area (Å²) >= 11 is 1.05. The highest BCUT2D eigenvalue weighted by Crippen LogP contribution is 2.38. The first kappa shape index (κ1) is 18.3. The maximum absolute atomic E-state index is 12.3. The van der Waals surface area contributed by atoms with Gasteiger partial charge in [0.05, 0.1) is 10.6 Å². The molecule has 0 bridgehead atoms. The summed E-state index contributed by atoms with van der Waals surface area (Å²) in [6.07, 6.45) is 0.935. The minimum Gasteiger partial charge on any atom is -0.502 e. The summed E-state index contributed by atoms with van der Waals surface area (Å²) in [7, 11) is 1.25. The number of rotatable bonds is 4. The molecule has 1 aromatic heterocycles. The number of hydrogen-bond acceptors (Lipinski definition) is 6. The van der Waals surface area contributed by atoms with Crippen LogP contribution in [-0.4, -0.2) is 40.1 Å².